The molecule has 1 aliphatic heterocycles. The molecule has 4 rings (SSSR count). The van der Waals surface area contributed by atoms with Crippen molar-refractivity contribution >= 4 is 5.95 Å². The van der Waals surface area contributed by atoms with Gasteiger partial charge < -0.3 is 15.3 Å². The maximum atomic E-state index is 14.6. The Morgan fingerprint density at radius 2 is 2.00 bits per heavy atom. The first-order valence-corrected chi connectivity index (χ1v) is 9.55. The lowest BCUT2D eigenvalue weighted by Gasteiger charge is -2.25. The van der Waals surface area contributed by atoms with Gasteiger partial charge in [0.1, 0.15) is 5.69 Å². The largest absolute Gasteiger partial charge is 0.504 e. The van der Waals surface area contributed by atoms with Gasteiger partial charge in [-0.15, -0.1) is 10.2 Å². The molecule has 0 aliphatic carbocycles. The maximum absolute atomic E-state index is 14.6. The zero-order valence-electron chi connectivity index (χ0n) is 16.6. The Bertz CT molecular complexity index is 983. The zero-order chi connectivity index (χ0) is 20.6. The fraction of sp³-hybridized carbons (Fsp3) is 0.400. The number of hydrogen-bond donors (Lipinski definition) is 3. The molecule has 1 atom stereocenters. The highest BCUT2D eigenvalue weighted by Gasteiger charge is 2.27. The van der Waals surface area contributed by atoms with E-state index in [2.05, 4.69) is 56.4 Å². The highest BCUT2D eigenvalue weighted by atomic mass is 19.1. The summed E-state index contributed by atoms with van der Waals surface area (Å²) in [5, 5.41) is 28.7. The molecule has 29 heavy (non-hydrogen) atoms. The number of halogens is 1. The van der Waals surface area contributed by atoms with E-state index in [1.807, 2.05) is 0 Å². The predicted molar refractivity (Wildman–Crippen MR) is 108 cm³/mol. The van der Waals surface area contributed by atoms with Crippen molar-refractivity contribution in [3.05, 3.63) is 36.5 Å². The molecule has 1 aromatic carbocycles. The van der Waals surface area contributed by atoms with Crippen LogP contribution >= 0.6 is 0 Å². The van der Waals surface area contributed by atoms with Crippen molar-refractivity contribution in [1.29, 1.82) is 0 Å². The lowest BCUT2D eigenvalue weighted by molar-refractivity contribution is 0.373. The van der Waals surface area contributed by atoms with Crippen LogP contribution in [0.3, 0.4) is 0 Å². The van der Waals surface area contributed by atoms with E-state index in [9.17, 15) is 9.50 Å². The topological polar surface area (TPSA) is 103 Å². The first kappa shape index (κ1) is 19.3. The number of nitrogens with one attached hydrogen (secondary N) is 2. The molecular formula is C20H24FN7O. The van der Waals surface area contributed by atoms with Crippen molar-refractivity contribution in [1.82, 2.24) is 30.7 Å². The Morgan fingerprint density at radius 3 is 2.66 bits per heavy atom. The molecule has 1 aliphatic rings. The van der Waals surface area contributed by atoms with E-state index in [1.165, 1.54) is 12.4 Å². The van der Waals surface area contributed by atoms with Crippen molar-refractivity contribution in [2.75, 3.05) is 18.0 Å². The second-order valence-electron chi connectivity index (χ2n) is 8.28. The molecule has 1 unspecified atom stereocenters. The average molecular weight is 397 g/mol. The van der Waals surface area contributed by atoms with Gasteiger partial charge in [0, 0.05) is 47.6 Å². The number of hydrogen-bond acceptors (Lipinski definition) is 7. The number of benzene rings is 1. The van der Waals surface area contributed by atoms with Crippen LogP contribution in [0.5, 0.6) is 5.75 Å². The first-order valence-electron chi connectivity index (χ1n) is 9.55. The Kier molecular flexibility index (Phi) is 4.91. The van der Waals surface area contributed by atoms with Gasteiger partial charge in [-0.3, -0.25) is 5.10 Å². The fourth-order valence-corrected chi connectivity index (χ4v) is 3.60. The van der Waals surface area contributed by atoms with Gasteiger partial charge in [-0.2, -0.15) is 5.10 Å². The third-order valence-electron chi connectivity index (χ3n) is 4.86. The summed E-state index contributed by atoms with van der Waals surface area (Å²) in [6.45, 7) is 8.08. The van der Waals surface area contributed by atoms with Crippen LogP contribution in [0.15, 0.2) is 30.7 Å². The van der Waals surface area contributed by atoms with Crippen molar-refractivity contribution in [2.45, 2.75) is 38.8 Å². The number of aromatic hydroxyl groups is 1. The summed E-state index contributed by atoms with van der Waals surface area (Å²) in [6.07, 6.45) is 5.57. The van der Waals surface area contributed by atoms with Gasteiger partial charge in [-0.05, 0) is 33.3 Å². The molecule has 0 amide bonds. The highest BCUT2D eigenvalue weighted by molar-refractivity contribution is 5.74. The molecule has 3 heterocycles. The number of aromatic amines is 1. The van der Waals surface area contributed by atoms with Crippen LogP contribution in [-0.4, -0.2) is 55.2 Å². The van der Waals surface area contributed by atoms with E-state index in [1.54, 1.807) is 18.3 Å². The Labute approximate surface area is 168 Å². The van der Waals surface area contributed by atoms with Crippen LogP contribution < -0.4 is 10.2 Å². The van der Waals surface area contributed by atoms with Gasteiger partial charge in [0.25, 0.3) is 0 Å². The van der Waals surface area contributed by atoms with Gasteiger partial charge in [0.05, 0.1) is 12.4 Å². The molecule has 2 aromatic heterocycles. The molecular weight excluding hydrogens is 373 g/mol. The Balaban J connectivity index is 1.52. The van der Waals surface area contributed by atoms with Gasteiger partial charge in [-0.25, -0.2) is 9.37 Å². The molecule has 9 heteroatoms. The number of aromatic nitrogens is 5. The number of H-pyrrole nitrogens is 1. The first-order chi connectivity index (χ1) is 13.8. The molecule has 1 fully saturated rings. The number of nitrogens with zero attached hydrogens (tertiary/aromatic N) is 5. The standard InChI is InChI=1S/C20H24FN7O/c1-20(2,3)25-13-6-7-28(11-13)19-22-10-16(26-27-19)15-5-4-14(17(21)18(15)29)12-8-23-24-9-12/h4-5,8-10,13,25,29H,6-7,11H2,1-3H3,(H,23,24). The van der Waals surface area contributed by atoms with Crippen molar-refractivity contribution in [3.63, 3.8) is 0 Å². The molecule has 3 aromatic rings. The lowest BCUT2D eigenvalue weighted by atomic mass is 10.0. The number of anilines is 1. The third-order valence-corrected chi connectivity index (χ3v) is 4.86. The second-order valence-corrected chi connectivity index (χ2v) is 8.28. The van der Waals surface area contributed by atoms with Crippen LogP contribution in [0, 0.1) is 5.82 Å². The summed E-state index contributed by atoms with van der Waals surface area (Å²) in [5.74, 6) is -0.685. The predicted octanol–water partition coefficient (Wildman–Crippen LogP) is 2.74. The number of phenolic OH excluding ortho intramolecular Hbond substituents is 1. The molecule has 0 bridgehead atoms. The van der Waals surface area contributed by atoms with Crippen LogP contribution in [0.2, 0.25) is 0 Å². The molecule has 3 N–H and O–H groups in total. The van der Waals surface area contributed by atoms with E-state index in [0.29, 0.717) is 23.2 Å². The summed E-state index contributed by atoms with van der Waals surface area (Å²) in [7, 11) is 0. The summed E-state index contributed by atoms with van der Waals surface area (Å²) >= 11 is 0. The monoisotopic (exact) mass is 397 g/mol. The van der Waals surface area contributed by atoms with E-state index in [0.717, 1.165) is 19.5 Å². The minimum atomic E-state index is -0.731. The Hall–Kier alpha value is -3.07. The molecule has 152 valence electrons. The fourth-order valence-electron chi connectivity index (χ4n) is 3.60. The summed E-state index contributed by atoms with van der Waals surface area (Å²) in [4.78, 5) is 6.46. The van der Waals surface area contributed by atoms with Gasteiger partial charge in [0.2, 0.25) is 5.95 Å². The Morgan fingerprint density at radius 1 is 1.21 bits per heavy atom. The second kappa shape index (κ2) is 7.40. The minimum absolute atomic E-state index is 0.0495. The van der Waals surface area contributed by atoms with E-state index >= 15 is 0 Å². The van der Waals surface area contributed by atoms with Crippen LogP contribution in [0.4, 0.5) is 10.3 Å². The van der Waals surface area contributed by atoms with Crippen molar-refractivity contribution in [3.8, 4) is 28.1 Å². The van der Waals surface area contributed by atoms with Crippen LogP contribution in [-0.2, 0) is 0 Å². The molecule has 0 radical (unpaired) electrons. The zero-order valence-corrected chi connectivity index (χ0v) is 16.6. The normalized spacial score (nSPS) is 17.1. The minimum Gasteiger partial charge on any atom is -0.504 e. The lowest BCUT2D eigenvalue weighted by Crippen LogP contribution is -2.45. The molecule has 8 nitrogen and oxygen atoms in total. The third kappa shape index (κ3) is 4.04. The van der Waals surface area contributed by atoms with Crippen molar-refractivity contribution in [2.24, 2.45) is 0 Å². The van der Waals surface area contributed by atoms with E-state index in [-0.39, 0.29) is 16.7 Å². The SMILES string of the molecule is CC(C)(C)NC1CCN(c2ncc(-c3ccc(-c4cn[nH]c4)c(F)c3O)nn2)C1. The molecule has 1 saturated heterocycles. The summed E-state index contributed by atoms with van der Waals surface area (Å²) < 4.78 is 14.6. The van der Waals surface area contributed by atoms with Gasteiger partial charge in [0.15, 0.2) is 11.6 Å². The summed E-state index contributed by atoms with van der Waals surface area (Å²) in [5.41, 5.74) is 1.42. The van der Waals surface area contributed by atoms with Gasteiger partial charge >= 0.3 is 0 Å². The van der Waals surface area contributed by atoms with E-state index in [4.69, 9.17) is 0 Å². The maximum Gasteiger partial charge on any atom is 0.245 e. The number of phenols is 1. The summed E-state index contributed by atoms with van der Waals surface area (Å²) in [6, 6.07) is 3.55. The highest BCUT2D eigenvalue weighted by Crippen LogP contribution is 2.35. The van der Waals surface area contributed by atoms with Crippen molar-refractivity contribution < 1.29 is 9.50 Å². The van der Waals surface area contributed by atoms with Gasteiger partial charge in [-0.1, -0.05) is 6.07 Å². The van der Waals surface area contributed by atoms with E-state index < -0.39 is 11.6 Å². The quantitative estimate of drug-likeness (QED) is 0.622. The molecule has 0 spiro atoms. The van der Waals surface area contributed by atoms with Crippen LogP contribution in [0.1, 0.15) is 27.2 Å². The molecule has 0 saturated carbocycles. The smallest absolute Gasteiger partial charge is 0.245 e. The van der Waals surface area contributed by atoms with Crippen LogP contribution in [0.25, 0.3) is 22.4 Å². The average Bonchev–Trinajstić information content (AvgIpc) is 3.35. The number of rotatable bonds is 4.